The van der Waals surface area contributed by atoms with E-state index in [1.165, 1.54) is 13.8 Å². The van der Waals surface area contributed by atoms with Crippen molar-refractivity contribution in [1.29, 1.82) is 0 Å². The van der Waals surface area contributed by atoms with Crippen molar-refractivity contribution in [1.82, 2.24) is 0 Å². The van der Waals surface area contributed by atoms with Crippen molar-refractivity contribution >= 4 is 11.8 Å². The zero-order valence-electron chi connectivity index (χ0n) is 8.42. The van der Waals surface area contributed by atoms with Crippen molar-refractivity contribution in [3.63, 3.8) is 0 Å². The van der Waals surface area contributed by atoms with Crippen LogP contribution < -0.4 is 0 Å². The third-order valence-electron chi connectivity index (χ3n) is 1.70. The van der Waals surface area contributed by atoms with E-state index in [-0.39, 0.29) is 11.8 Å². The fourth-order valence-electron chi connectivity index (χ4n) is 0.994. The fourth-order valence-corrected chi connectivity index (χ4v) is 0.994. The van der Waals surface area contributed by atoms with Gasteiger partial charge < -0.3 is 4.74 Å². The summed E-state index contributed by atoms with van der Waals surface area (Å²) in [6.07, 6.45) is 1.06. The minimum absolute atomic E-state index is 0.125. The van der Waals surface area contributed by atoms with Crippen LogP contribution in [0.4, 0.5) is 0 Å². The minimum atomic E-state index is -0.444. The van der Waals surface area contributed by atoms with Crippen molar-refractivity contribution in [3.8, 4) is 0 Å². The maximum absolute atomic E-state index is 11.0. The summed E-state index contributed by atoms with van der Waals surface area (Å²) in [6, 6.07) is 0. The summed E-state index contributed by atoms with van der Waals surface area (Å²) in [5.41, 5.74) is 0.372. The van der Waals surface area contributed by atoms with Crippen molar-refractivity contribution in [3.05, 3.63) is 12.2 Å². The van der Waals surface area contributed by atoms with Gasteiger partial charge >= 0.3 is 5.97 Å². The van der Waals surface area contributed by atoms with Gasteiger partial charge in [-0.1, -0.05) is 19.9 Å². The first-order valence-electron chi connectivity index (χ1n) is 4.36. The molecule has 0 aromatic carbocycles. The molecule has 0 amide bonds. The molecule has 0 radical (unpaired) electrons. The van der Waals surface area contributed by atoms with Gasteiger partial charge in [0.15, 0.2) is 5.78 Å². The van der Waals surface area contributed by atoms with E-state index in [1.54, 1.807) is 0 Å². The lowest BCUT2D eigenvalue weighted by molar-refractivity contribution is -0.145. The van der Waals surface area contributed by atoms with Crippen molar-refractivity contribution in [2.45, 2.75) is 39.7 Å². The van der Waals surface area contributed by atoms with E-state index in [9.17, 15) is 9.59 Å². The SMILES string of the molecule is C=C(C(C)=O)C(CCC)OC(C)=O. The number of esters is 1. The van der Waals surface area contributed by atoms with Crippen LogP contribution in [0.5, 0.6) is 0 Å². The highest BCUT2D eigenvalue weighted by Crippen LogP contribution is 2.12. The van der Waals surface area contributed by atoms with Gasteiger partial charge in [0.25, 0.3) is 0 Å². The topological polar surface area (TPSA) is 43.4 Å². The number of ether oxygens (including phenoxy) is 1. The summed E-state index contributed by atoms with van der Waals surface area (Å²) in [5.74, 6) is -0.499. The Morgan fingerprint density at radius 1 is 1.38 bits per heavy atom. The monoisotopic (exact) mass is 184 g/mol. The molecular weight excluding hydrogens is 168 g/mol. The first-order chi connectivity index (χ1) is 5.99. The van der Waals surface area contributed by atoms with E-state index >= 15 is 0 Å². The predicted molar refractivity (Wildman–Crippen MR) is 50.3 cm³/mol. The Bertz CT molecular complexity index is 218. The first-order valence-corrected chi connectivity index (χ1v) is 4.36. The highest BCUT2D eigenvalue weighted by Gasteiger charge is 2.17. The van der Waals surface area contributed by atoms with Crippen LogP contribution in [0.3, 0.4) is 0 Å². The molecule has 0 saturated carbocycles. The fraction of sp³-hybridized carbons (Fsp3) is 0.600. The molecule has 0 fully saturated rings. The summed E-state index contributed by atoms with van der Waals surface area (Å²) >= 11 is 0. The molecule has 0 rings (SSSR count). The van der Waals surface area contributed by atoms with Crippen LogP contribution in [0, 0.1) is 0 Å². The molecule has 13 heavy (non-hydrogen) atoms. The average Bonchev–Trinajstić information content (AvgIpc) is 2.01. The van der Waals surface area contributed by atoms with Crippen molar-refractivity contribution < 1.29 is 14.3 Å². The quantitative estimate of drug-likeness (QED) is 0.484. The Kier molecular flexibility index (Phi) is 5.04. The molecular formula is C10H16O3. The Morgan fingerprint density at radius 3 is 2.23 bits per heavy atom. The van der Waals surface area contributed by atoms with Crippen molar-refractivity contribution in [2.75, 3.05) is 0 Å². The Hall–Kier alpha value is -1.12. The molecule has 3 nitrogen and oxygen atoms in total. The molecule has 74 valence electrons. The average molecular weight is 184 g/mol. The second kappa shape index (κ2) is 5.51. The van der Waals surface area contributed by atoms with Crippen molar-refractivity contribution in [2.24, 2.45) is 0 Å². The molecule has 0 spiro atoms. The molecule has 0 aliphatic heterocycles. The maximum atomic E-state index is 11.0. The van der Waals surface area contributed by atoms with Crippen LogP contribution in [0.1, 0.15) is 33.6 Å². The zero-order chi connectivity index (χ0) is 10.4. The normalized spacial score (nSPS) is 11.9. The van der Waals surface area contributed by atoms with Gasteiger partial charge in [-0.25, -0.2) is 0 Å². The molecule has 0 aliphatic carbocycles. The third-order valence-corrected chi connectivity index (χ3v) is 1.70. The number of hydrogen-bond donors (Lipinski definition) is 0. The van der Waals surface area contributed by atoms with Gasteiger partial charge in [0.05, 0.1) is 0 Å². The lowest BCUT2D eigenvalue weighted by atomic mass is 10.0. The van der Waals surface area contributed by atoms with Crippen LogP contribution >= 0.6 is 0 Å². The van der Waals surface area contributed by atoms with Crippen LogP contribution in [-0.2, 0) is 14.3 Å². The summed E-state index contributed by atoms with van der Waals surface area (Å²) in [5, 5.41) is 0. The Morgan fingerprint density at radius 2 is 1.92 bits per heavy atom. The van der Waals surface area contributed by atoms with Crippen LogP contribution in [0.25, 0.3) is 0 Å². The molecule has 1 atom stereocenters. The molecule has 3 heteroatoms. The minimum Gasteiger partial charge on any atom is -0.458 e. The number of Topliss-reactive ketones (excluding diaryl/α,β-unsaturated/α-hetero) is 1. The number of hydrogen-bond acceptors (Lipinski definition) is 3. The highest BCUT2D eigenvalue weighted by molar-refractivity contribution is 5.93. The molecule has 0 saturated heterocycles. The lowest BCUT2D eigenvalue weighted by Crippen LogP contribution is -2.21. The van der Waals surface area contributed by atoms with Gasteiger partial charge in [0, 0.05) is 12.5 Å². The smallest absolute Gasteiger partial charge is 0.303 e. The van der Waals surface area contributed by atoms with Gasteiger partial charge in [-0.3, -0.25) is 9.59 Å². The maximum Gasteiger partial charge on any atom is 0.303 e. The first kappa shape index (κ1) is 11.9. The van der Waals surface area contributed by atoms with E-state index in [0.29, 0.717) is 12.0 Å². The van der Waals surface area contributed by atoms with Gasteiger partial charge in [-0.2, -0.15) is 0 Å². The van der Waals surface area contributed by atoms with E-state index in [2.05, 4.69) is 6.58 Å². The largest absolute Gasteiger partial charge is 0.458 e. The van der Waals surface area contributed by atoms with Gasteiger partial charge in [0.1, 0.15) is 6.10 Å². The van der Waals surface area contributed by atoms with Crippen LogP contribution in [0.2, 0.25) is 0 Å². The second-order valence-electron chi connectivity index (χ2n) is 2.97. The molecule has 0 N–H and O–H groups in total. The zero-order valence-corrected chi connectivity index (χ0v) is 8.42. The van der Waals surface area contributed by atoms with E-state index in [4.69, 9.17) is 4.74 Å². The second-order valence-corrected chi connectivity index (χ2v) is 2.97. The van der Waals surface area contributed by atoms with E-state index in [1.807, 2.05) is 6.92 Å². The lowest BCUT2D eigenvalue weighted by Gasteiger charge is -2.16. The standard InChI is InChI=1S/C10H16O3/c1-5-6-10(13-9(4)12)7(2)8(3)11/h10H,2,5-6H2,1,3-4H3. The highest BCUT2D eigenvalue weighted by atomic mass is 16.5. The molecule has 0 aliphatic rings. The van der Waals surface area contributed by atoms with Gasteiger partial charge in [0.2, 0.25) is 0 Å². The van der Waals surface area contributed by atoms with Gasteiger partial charge in [-0.05, 0) is 13.3 Å². The molecule has 0 aromatic rings. The number of carbonyl (C=O) groups excluding carboxylic acids is 2. The summed E-state index contributed by atoms with van der Waals surface area (Å²) in [4.78, 5) is 21.6. The van der Waals surface area contributed by atoms with Crippen LogP contribution in [-0.4, -0.2) is 17.9 Å². The van der Waals surface area contributed by atoms with E-state index in [0.717, 1.165) is 6.42 Å². The Labute approximate surface area is 78.8 Å². The summed E-state index contributed by atoms with van der Waals surface area (Å²) in [6.45, 7) is 8.32. The summed E-state index contributed by atoms with van der Waals surface area (Å²) in [7, 11) is 0. The molecule has 0 aromatic heterocycles. The molecule has 0 bridgehead atoms. The number of rotatable bonds is 5. The van der Waals surface area contributed by atoms with E-state index < -0.39 is 6.10 Å². The summed E-state index contributed by atoms with van der Waals surface area (Å²) < 4.78 is 4.95. The molecule has 1 unspecified atom stereocenters. The van der Waals surface area contributed by atoms with Gasteiger partial charge in [-0.15, -0.1) is 0 Å². The third kappa shape index (κ3) is 4.45. The van der Waals surface area contributed by atoms with Crippen LogP contribution in [0.15, 0.2) is 12.2 Å². The number of carbonyl (C=O) groups is 2. The predicted octanol–water partition coefficient (Wildman–Crippen LogP) is 1.86. The number of ketones is 1. The Balaban J connectivity index is 4.31. The molecule has 0 heterocycles.